The molecule has 0 saturated carbocycles. The quantitative estimate of drug-likeness (QED) is 0.682. The lowest BCUT2D eigenvalue weighted by atomic mass is 10.1. The summed E-state index contributed by atoms with van der Waals surface area (Å²) in [5, 5.41) is 0.572. The molecule has 2 N–H and O–H groups in total. The molecule has 0 saturated heterocycles. The lowest BCUT2D eigenvalue weighted by Crippen LogP contribution is -2.05. The third-order valence-corrected chi connectivity index (χ3v) is 3.13. The summed E-state index contributed by atoms with van der Waals surface area (Å²) in [5.74, 6) is 0. The Bertz CT molecular complexity index is 785. The molecule has 0 aliphatic rings. The first kappa shape index (κ1) is 10.7. The Kier molecular flexibility index (Phi) is 2.26. The molecule has 5 heteroatoms. The Morgan fingerprint density at radius 3 is 2.78 bits per heavy atom. The van der Waals surface area contributed by atoms with E-state index in [0.29, 0.717) is 11.0 Å². The maximum absolute atomic E-state index is 11.8. The fourth-order valence-corrected chi connectivity index (χ4v) is 1.99. The largest absolute Gasteiger partial charge is 0.345 e. The molecule has 0 amide bonds. The van der Waals surface area contributed by atoms with E-state index < -0.39 is 0 Å². The Balaban J connectivity index is 2.32. The first-order valence-corrected chi connectivity index (χ1v) is 5.65. The zero-order valence-corrected chi connectivity index (χ0v) is 10.1. The molecule has 3 aromatic rings. The average molecular weight is 240 g/mol. The maximum atomic E-state index is 11.8. The number of rotatable bonds is 1. The van der Waals surface area contributed by atoms with Crippen LogP contribution in [0.15, 0.2) is 29.6 Å². The summed E-state index contributed by atoms with van der Waals surface area (Å²) in [4.78, 5) is 25.9. The highest BCUT2D eigenvalue weighted by Crippen LogP contribution is 2.25. The van der Waals surface area contributed by atoms with Crippen LogP contribution in [0, 0.1) is 13.8 Å². The summed E-state index contributed by atoms with van der Waals surface area (Å²) >= 11 is 0. The van der Waals surface area contributed by atoms with E-state index in [9.17, 15) is 4.79 Å². The van der Waals surface area contributed by atoms with Crippen molar-refractivity contribution in [1.82, 2.24) is 19.9 Å². The molecule has 0 unspecified atom stereocenters. The molecule has 3 aromatic heterocycles. The van der Waals surface area contributed by atoms with Crippen molar-refractivity contribution in [2.75, 3.05) is 0 Å². The van der Waals surface area contributed by atoms with Gasteiger partial charge in [0.05, 0.1) is 11.7 Å². The molecule has 0 spiro atoms. The molecule has 0 bridgehead atoms. The van der Waals surface area contributed by atoms with Crippen LogP contribution in [0.25, 0.3) is 22.2 Å². The van der Waals surface area contributed by atoms with Gasteiger partial charge in [-0.3, -0.25) is 9.78 Å². The fourth-order valence-electron chi connectivity index (χ4n) is 1.99. The van der Waals surface area contributed by atoms with Gasteiger partial charge in [0.1, 0.15) is 5.65 Å². The van der Waals surface area contributed by atoms with Gasteiger partial charge in [0, 0.05) is 29.2 Å². The molecule has 3 heterocycles. The summed E-state index contributed by atoms with van der Waals surface area (Å²) < 4.78 is 0. The van der Waals surface area contributed by atoms with Crippen molar-refractivity contribution in [2.24, 2.45) is 0 Å². The van der Waals surface area contributed by atoms with E-state index in [1.54, 1.807) is 12.4 Å². The fraction of sp³-hybridized carbons (Fsp3) is 0.154. The molecular weight excluding hydrogens is 228 g/mol. The van der Waals surface area contributed by atoms with Crippen molar-refractivity contribution in [3.05, 3.63) is 46.4 Å². The number of fused-ring (bicyclic) bond motifs is 1. The first-order valence-electron chi connectivity index (χ1n) is 5.65. The van der Waals surface area contributed by atoms with Crippen LogP contribution in [0.2, 0.25) is 0 Å². The maximum Gasteiger partial charge on any atom is 0.260 e. The van der Waals surface area contributed by atoms with Gasteiger partial charge in [-0.25, -0.2) is 4.98 Å². The number of H-pyrrole nitrogens is 2. The molecular formula is C13H12N4O. The van der Waals surface area contributed by atoms with Gasteiger partial charge in [-0.1, -0.05) is 0 Å². The summed E-state index contributed by atoms with van der Waals surface area (Å²) in [6, 6.07) is 2.03. The van der Waals surface area contributed by atoms with E-state index in [-0.39, 0.29) is 5.56 Å². The smallest absolute Gasteiger partial charge is 0.260 e. The van der Waals surface area contributed by atoms with Crippen molar-refractivity contribution in [3.63, 3.8) is 0 Å². The summed E-state index contributed by atoms with van der Waals surface area (Å²) in [6.45, 7) is 3.96. The molecule has 90 valence electrons. The summed E-state index contributed by atoms with van der Waals surface area (Å²) in [5.41, 5.74) is 4.28. The number of aromatic nitrogens is 4. The third-order valence-electron chi connectivity index (χ3n) is 3.13. The van der Waals surface area contributed by atoms with Gasteiger partial charge in [0.25, 0.3) is 5.56 Å². The molecule has 0 fully saturated rings. The van der Waals surface area contributed by atoms with Gasteiger partial charge in [0.2, 0.25) is 0 Å². The number of aromatic amines is 2. The highest BCUT2D eigenvalue weighted by atomic mass is 16.1. The van der Waals surface area contributed by atoms with E-state index in [4.69, 9.17) is 0 Å². The second-order valence-electron chi connectivity index (χ2n) is 4.28. The van der Waals surface area contributed by atoms with Gasteiger partial charge < -0.3 is 9.97 Å². The Morgan fingerprint density at radius 2 is 2.00 bits per heavy atom. The van der Waals surface area contributed by atoms with Crippen molar-refractivity contribution >= 4 is 11.0 Å². The highest BCUT2D eigenvalue weighted by Gasteiger charge is 2.11. The van der Waals surface area contributed by atoms with E-state index in [1.165, 1.54) is 6.33 Å². The van der Waals surface area contributed by atoms with Crippen LogP contribution in [0.1, 0.15) is 11.3 Å². The van der Waals surface area contributed by atoms with E-state index >= 15 is 0 Å². The minimum atomic E-state index is -0.144. The van der Waals surface area contributed by atoms with Crippen molar-refractivity contribution in [1.29, 1.82) is 0 Å². The number of hydrogen-bond donors (Lipinski definition) is 2. The average Bonchev–Trinajstić information content (AvgIpc) is 2.78. The second-order valence-corrected chi connectivity index (χ2v) is 4.28. The molecule has 0 radical (unpaired) electrons. The minimum absolute atomic E-state index is 0.144. The zero-order valence-electron chi connectivity index (χ0n) is 10.1. The van der Waals surface area contributed by atoms with Gasteiger partial charge >= 0.3 is 0 Å². The van der Waals surface area contributed by atoms with Crippen LogP contribution in [-0.2, 0) is 0 Å². The monoisotopic (exact) mass is 240 g/mol. The Labute approximate surface area is 103 Å². The molecule has 18 heavy (non-hydrogen) atoms. The van der Waals surface area contributed by atoms with Gasteiger partial charge in [-0.05, 0) is 25.5 Å². The lowest BCUT2D eigenvalue weighted by Gasteiger charge is -2.02. The van der Waals surface area contributed by atoms with Crippen LogP contribution >= 0.6 is 0 Å². The van der Waals surface area contributed by atoms with Crippen LogP contribution in [0.5, 0.6) is 0 Å². The predicted molar refractivity (Wildman–Crippen MR) is 69.4 cm³/mol. The molecule has 0 aliphatic carbocycles. The number of aryl methyl sites for hydroxylation is 2. The molecule has 0 atom stereocenters. The topological polar surface area (TPSA) is 74.4 Å². The van der Waals surface area contributed by atoms with Gasteiger partial charge in [-0.15, -0.1) is 0 Å². The molecule has 5 nitrogen and oxygen atoms in total. The van der Waals surface area contributed by atoms with Crippen LogP contribution in [-0.4, -0.2) is 19.9 Å². The van der Waals surface area contributed by atoms with E-state index in [2.05, 4.69) is 19.9 Å². The summed E-state index contributed by atoms with van der Waals surface area (Å²) in [7, 11) is 0. The molecule has 0 aromatic carbocycles. The third kappa shape index (κ3) is 1.52. The molecule has 0 aliphatic heterocycles. The first-order chi connectivity index (χ1) is 8.66. The Morgan fingerprint density at radius 1 is 1.17 bits per heavy atom. The van der Waals surface area contributed by atoms with E-state index in [1.807, 2.05) is 19.9 Å². The van der Waals surface area contributed by atoms with Crippen LogP contribution in [0.3, 0.4) is 0 Å². The van der Waals surface area contributed by atoms with Gasteiger partial charge in [0.15, 0.2) is 0 Å². The van der Waals surface area contributed by atoms with E-state index in [0.717, 1.165) is 22.4 Å². The number of pyridine rings is 1. The number of hydrogen-bond acceptors (Lipinski definition) is 3. The van der Waals surface area contributed by atoms with Crippen LogP contribution in [0.4, 0.5) is 0 Å². The second kappa shape index (κ2) is 3.80. The molecule has 3 rings (SSSR count). The predicted octanol–water partition coefficient (Wildman–Crippen LogP) is 1.93. The highest BCUT2D eigenvalue weighted by molar-refractivity contribution is 5.92. The normalized spacial score (nSPS) is 11.0. The minimum Gasteiger partial charge on any atom is -0.345 e. The lowest BCUT2D eigenvalue weighted by molar-refractivity contribution is 1.15. The Hall–Kier alpha value is -2.43. The standard InChI is InChI=1S/C13H12N4O/c1-7-3-9(4-14-8(7)2)10-5-15-12-11(10)13(18)17-6-16-12/h3-6H,1-2H3,(H2,15,16,17,18). The number of nitrogens with zero attached hydrogens (tertiary/aromatic N) is 2. The van der Waals surface area contributed by atoms with Gasteiger partial charge in [-0.2, -0.15) is 0 Å². The summed E-state index contributed by atoms with van der Waals surface area (Å²) in [6.07, 6.45) is 4.96. The van der Waals surface area contributed by atoms with Crippen molar-refractivity contribution in [3.8, 4) is 11.1 Å². The van der Waals surface area contributed by atoms with Crippen LogP contribution < -0.4 is 5.56 Å². The number of nitrogens with one attached hydrogen (secondary N) is 2. The van der Waals surface area contributed by atoms with Crippen molar-refractivity contribution in [2.45, 2.75) is 13.8 Å². The SMILES string of the molecule is Cc1cc(-c2c[nH]c3nc[nH]c(=O)c23)cnc1C. The zero-order chi connectivity index (χ0) is 12.7. The van der Waals surface area contributed by atoms with Crippen molar-refractivity contribution < 1.29 is 0 Å².